The van der Waals surface area contributed by atoms with E-state index in [0.29, 0.717) is 5.69 Å². The standard InChI is InChI=1S/C13H16N4O2/c1-13(2,3)17(12(18)19)11-8-15-16(9-11)10-5-4-6-14-7-10/h4-9H,1-3H3,(H,18,19). The number of carbonyl (C=O) groups is 1. The van der Waals surface area contributed by atoms with Gasteiger partial charge < -0.3 is 5.11 Å². The fourth-order valence-corrected chi connectivity index (χ4v) is 1.84. The fourth-order valence-electron chi connectivity index (χ4n) is 1.84. The summed E-state index contributed by atoms with van der Waals surface area (Å²) in [7, 11) is 0. The minimum atomic E-state index is -1.00. The van der Waals surface area contributed by atoms with Gasteiger partial charge in [-0.1, -0.05) is 0 Å². The maximum absolute atomic E-state index is 11.4. The second-order valence-electron chi connectivity index (χ2n) is 5.14. The summed E-state index contributed by atoms with van der Waals surface area (Å²) in [6.45, 7) is 5.51. The Kier molecular flexibility index (Phi) is 3.25. The fraction of sp³-hybridized carbons (Fsp3) is 0.308. The van der Waals surface area contributed by atoms with E-state index in [4.69, 9.17) is 0 Å². The average Bonchev–Trinajstić information content (AvgIpc) is 2.77. The molecule has 19 heavy (non-hydrogen) atoms. The summed E-state index contributed by atoms with van der Waals surface area (Å²) in [4.78, 5) is 16.7. The third-order valence-electron chi connectivity index (χ3n) is 2.60. The number of carboxylic acid groups (broad SMARTS) is 1. The van der Waals surface area contributed by atoms with Crippen molar-refractivity contribution in [1.82, 2.24) is 14.8 Å². The molecular weight excluding hydrogens is 244 g/mol. The average molecular weight is 260 g/mol. The van der Waals surface area contributed by atoms with Gasteiger partial charge in [-0.2, -0.15) is 5.10 Å². The van der Waals surface area contributed by atoms with Crippen LogP contribution in [0.2, 0.25) is 0 Å². The highest BCUT2D eigenvalue weighted by molar-refractivity contribution is 5.87. The van der Waals surface area contributed by atoms with E-state index < -0.39 is 11.6 Å². The first kappa shape index (κ1) is 13.1. The minimum absolute atomic E-state index is 0.531. The van der Waals surface area contributed by atoms with Gasteiger partial charge in [0.2, 0.25) is 0 Å². The zero-order chi connectivity index (χ0) is 14.0. The zero-order valence-electron chi connectivity index (χ0n) is 11.1. The summed E-state index contributed by atoms with van der Waals surface area (Å²) in [5.74, 6) is 0. The predicted octanol–water partition coefficient (Wildman–Crippen LogP) is 2.55. The summed E-state index contributed by atoms with van der Waals surface area (Å²) in [5, 5.41) is 13.5. The van der Waals surface area contributed by atoms with Crippen LogP contribution in [0.25, 0.3) is 5.69 Å². The van der Waals surface area contributed by atoms with Crippen LogP contribution in [0.15, 0.2) is 36.9 Å². The van der Waals surface area contributed by atoms with E-state index in [2.05, 4.69) is 10.1 Å². The van der Waals surface area contributed by atoms with Crippen molar-refractivity contribution >= 4 is 11.8 Å². The van der Waals surface area contributed by atoms with Gasteiger partial charge in [0.15, 0.2) is 0 Å². The van der Waals surface area contributed by atoms with Crippen molar-refractivity contribution in [3.05, 3.63) is 36.9 Å². The topological polar surface area (TPSA) is 71.2 Å². The van der Waals surface area contributed by atoms with Crippen LogP contribution >= 0.6 is 0 Å². The molecular formula is C13H16N4O2. The molecule has 0 saturated heterocycles. The van der Waals surface area contributed by atoms with Gasteiger partial charge in [0, 0.05) is 11.7 Å². The van der Waals surface area contributed by atoms with Crippen LogP contribution in [0.4, 0.5) is 10.5 Å². The molecule has 1 N–H and O–H groups in total. The number of hydrogen-bond acceptors (Lipinski definition) is 3. The lowest BCUT2D eigenvalue weighted by atomic mass is 10.1. The summed E-state index contributed by atoms with van der Waals surface area (Å²) in [6, 6.07) is 3.65. The van der Waals surface area contributed by atoms with Gasteiger partial charge in [-0.05, 0) is 32.9 Å². The van der Waals surface area contributed by atoms with Gasteiger partial charge in [0.25, 0.3) is 0 Å². The molecule has 2 aromatic rings. The van der Waals surface area contributed by atoms with Gasteiger partial charge >= 0.3 is 6.09 Å². The van der Waals surface area contributed by atoms with Gasteiger partial charge in [-0.15, -0.1) is 0 Å². The second kappa shape index (κ2) is 4.72. The van der Waals surface area contributed by atoms with E-state index in [1.165, 1.54) is 11.1 Å². The molecule has 0 aliphatic rings. The van der Waals surface area contributed by atoms with Crippen LogP contribution in [0.1, 0.15) is 20.8 Å². The van der Waals surface area contributed by atoms with E-state index in [9.17, 15) is 9.90 Å². The molecule has 0 unspecified atom stereocenters. The second-order valence-corrected chi connectivity index (χ2v) is 5.14. The van der Waals surface area contributed by atoms with E-state index >= 15 is 0 Å². The lowest BCUT2D eigenvalue weighted by Crippen LogP contribution is -2.45. The third-order valence-corrected chi connectivity index (χ3v) is 2.60. The van der Waals surface area contributed by atoms with Crippen molar-refractivity contribution < 1.29 is 9.90 Å². The molecule has 0 radical (unpaired) electrons. The molecule has 0 aliphatic heterocycles. The molecule has 100 valence electrons. The Labute approximate surface area is 111 Å². The molecule has 1 amide bonds. The van der Waals surface area contributed by atoms with Crippen molar-refractivity contribution in [3.8, 4) is 5.69 Å². The highest BCUT2D eigenvalue weighted by Crippen LogP contribution is 2.24. The van der Waals surface area contributed by atoms with E-state index in [1.54, 1.807) is 29.3 Å². The molecule has 0 aliphatic carbocycles. The monoisotopic (exact) mass is 260 g/mol. The van der Waals surface area contributed by atoms with E-state index in [1.807, 2.05) is 26.8 Å². The molecule has 0 saturated carbocycles. The summed E-state index contributed by atoms with van der Waals surface area (Å²) < 4.78 is 1.60. The molecule has 6 heteroatoms. The minimum Gasteiger partial charge on any atom is -0.465 e. The van der Waals surface area contributed by atoms with E-state index in [-0.39, 0.29) is 0 Å². The molecule has 2 heterocycles. The number of rotatable bonds is 2. The third kappa shape index (κ3) is 2.73. The van der Waals surface area contributed by atoms with Gasteiger partial charge in [0.05, 0.1) is 30.0 Å². The smallest absolute Gasteiger partial charge is 0.412 e. The molecule has 0 fully saturated rings. The first-order chi connectivity index (χ1) is 8.89. The number of anilines is 1. The van der Waals surface area contributed by atoms with Crippen LogP contribution in [-0.4, -0.2) is 31.5 Å². The quantitative estimate of drug-likeness (QED) is 0.900. The molecule has 0 spiro atoms. The van der Waals surface area contributed by atoms with Gasteiger partial charge in [-0.3, -0.25) is 9.88 Å². The Hall–Kier alpha value is -2.37. The molecule has 6 nitrogen and oxygen atoms in total. The first-order valence-corrected chi connectivity index (χ1v) is 5.88. The predicted molar refractivity (Wildman–Crippen MR) is 71.6 cm³/mol. The van der Waals surface area contributed by atoms with Crippen molar-refractivity contribution in [1.29, 1.82) is 0 Å². The van der Waals surface area contributed by atoms with Crippen LogP contribution < -0.4 is 4.90 Å². The van der Waals surface area contributed by atoms with Crippen LogP contribution in [0, 0.1) is 0 Å². The van der Waals surface area contributed by atoms with Crippen molar-refractivity contribution in [2.75, 3.05) is 4.90 Å². The molecule has 2 aromatic heterocycles. The normalized spacial score (nSPS) is 11.3. The Balaban J connectivity index is 2.38. The summed E-state index contributed by atoms with van der Waals surface area (Å²) in [5.41, 5.74) is 0.783. The number of pyridine rings is 1. The van der Waals surface area contributed by atoms with Crippen molar-refractivity contribution in [3.63, 3.8) is 0 Å². The Bertz CT molecular complexity index is 572. The highest BCUT2D eigenvalue weighted by Gasteiger charge is 2.28. The molecule has 0 bridgehead atoms. The van der Waals surface area contributed by atoms with Gasteiger partial charge in [0.1, 0.15) is 0 Å². The Morgan fingerprint density at radius 1 is 1.37 bits per heavy atom. The number of nitrogens with zero attached hydrogens (tertiary/aromatic N) is 4. The van der Waals surface area contributed by atoms with Crippen LogP contribution in [0.5, 0.6) is 0 Å². The summed E-state index contributed by atoms with van der Waals surface area (Å²) in [6.07, 6.45) is 5.55. The lowest BCUT2D eigenvalue weighted by Gasteiger charge is -2.31. The molecule has 0 atom stereocenters. The van der Waals surface area contributed by atoms with Gasteiger partial charge in [-0.25, -0.2) is 9.48 Å². The maximum Gasteiger partial charge on any atom is 0.412 e. The highest BCUT2D eigenvalue weighted by atomic mass is 16.4. The van der Waals surface area contributed by atoms with Crippen molar-refractivity contribution in [2.45, 2.75) is 26.3 Å². The number of amides is 1. The summed E-state index contributed by atoms with van der Waals surface area (Å²) >= 11 is 0. The molecule has 2 rings (SSSR count). The lowest BCUT2D eigenvalue weighted by molar-refractivity contribution is 0.195. The maximum atomic E-state index is 11.4. The number of aromatic nitrogens is 3. The SMILES string of the molecule is CC(C)(C)N(C(=O)O)c1cnn(-c2cccnc2)c1. The largest absolute Gasteiger partial charge is 0.465 e. The first-order valence-electron chi connectivity index (χ1n) is 5.88. The Morgan fingerprint density at radius 3 is 2.63 bits per heavy atom. The van der Waals surface area contributed by atoms with Crippen LogP contribution in [-0.2, 0) is 0 Å². The zero-order valence-corrected chi connectivity index (χ0v) is 11.1. The molecule has 0 aromatic carbocycles. The van der Waals surface area contributed by atoms with Crippen molar-refractivity contribution in [2.24, 2.45) is 0 Å². The van der Waals surface area contributed by atoms with Crippen LogP contribution in [0.3, 0.4) is 0 Å². The van der Waals surface area contributed by atoms with E-state index in [0.717, 1.165) is 5.69 Å². The number of hydrogen-bond donors (Lipinski definition) is 1. The Morgan fingerprint density at radius 2 is 2.11 bits per heavy atom.